The lowest BCUT2D eigenvalue weighted by atomic mass is 10.2. The van der Waals surface area contributed by atoms with Gasteiger partial charge in [0.05, 0.1) is 0 Å². The first kappa shape index (κ1) is 15.5. The molecular weight excluding hydrogens is 284 g/mol. The van der Waals surface area contributed by atoms with Gasteiger partial charge in [-0.1, -0.05) is 6.07 Å². The van der Waals surface area contributed by atoms with Gasteiger partial charge in [-0.2, -0.15) is 15.0 Å². The number of rotatable bonds is 6. The molecule has 0 saturated heterocycles. The number of nitrogens with zero attached hydrogens (tertiary/aromatic N) is 5. The summed E-state index contributed by atoms with van der Waals surface area (Å²) in [5, 5.41) is 5.09. The molecule has 0 aliphatic rings. The fourth-order valence-electron chi connectivity index (χ4n) is 1.88. The van der Waals surface area contributed by atoms with Gasteiger partial charge in [0, 0.05) is 45.5 Å². The molecule has 2 aromatic rings. The van der Waals surface area contributed by atoms with Crippen molar-refractivity contribution < 1.29 is 0 Å². The number of likely N-dealkylation sites (N-methyl/N-ethyl adjacent to an activating group) is 1. The predicted octanol–water partition coefficient (Wildman–Crippen LogP) is 2.11. The van der Waals surface area contributed by atoms with Crippen molar-refractivity contribution in [3.63, 3.8) is 0 Å². The highest BCUT2D eigenvalue weighted by Gasteiger charge is 2.16. The second kappa shape index (κ2) is 6.71. The fraction of sp³-hybridized carbons (Fsp3) is 0.500. The van der Waals surface area contributed by atoms with Crippen LogP contribution in [0, 0.1) is 0 Å². The van der Waals surface area contributed by atoms with Crippen LogP contribution < -0.4 is 15.1 Å². The smallest absolute Gasteiger partial charge is 0.231 e. The van der Waals surface area contributed by atoms with Gasteiger partial charge >= 0.3 is 0 Å². The van der Waals surface area contributed by atoms with Crippen molar-refractivity contribution in [1.82, 2.24) is 15.0 Å². The third-order valence-electron chi connectivity index (χ3n) is 3.29. The summed E-state index contributed by atoms with van der Waals surface area (Å²) >= 11 is 1.78. The fourth-order valence-corrected chi connectivity index (χ4v) is 2.70. The van der Waals surface area contributed by atoms with Crippen molar-refractivity contribution in [2.75, 3.05) is 43.3 Å². The number of nitrogens with one attached hydrogen (secondary N) is 1. The predicted molar refractivity (Wildman–Crippen MR) is 89.6 cm³/mol. The molecule has 6 nitrogen and oxygen atoms in total. The zero-order valence-corrected chi connectivity index (χ0v) is 14.0. The first-order valence-corrected chi connectivity index (χ1v) is 7.75. The van der Waals surface area contributed by atoms with Crippen LogP contribution in [0.2, 0.25) is 0 Å². The molecule has 0 amide bonds. The van der Waals surface area contributed by atoms with Crippen molar-refractivity contribution >= 4 is 29.2 Å². The Hall–Kier alpha value is -1.89. The van der Waals surface area contributed by atoms with Gasteiger partial charge in [-0.3, -0.25) is 0 Å². The number of thiophene rings is 1. The summed E-state index contributed by atoms with van der Waals surface area (Å²) in [6.45, 7) is 2.18. The average Bonchev–Trinajstić information content (AvgIpc) is 2.98. The first-order chi connectivity index (χ1) is 10.0. The Balaban J connectivity index is 2.20. The molecule has 1 atom stereocenters. The van der Waals surface area contributed by atoms with E-state index in [9.17, 15) is 0 Å². The van der Waals surface area contributed by atoms with Gasteiger partial charge in [0.1, 0.15) is 0 Å². The van der Waals surface area contributed by atoms with E-state index < -0.39 is 0 Å². The van der Waals surface area contributed by atoms with E-state index in [0.717, 1.165) is 6.42 Å². The standard InChI is InChI=1S/C14H22N6S/c1-10(9-11-7-6-8-21-11)20(5)14-17-12(15-2)16-13(18-14)19(3)4/h6-8,10H,9H2,1-5H3,(H,15,16,17,18). The van der Waals surface area contributed by atoms with Gasteiger partial charge in [-0.25, -0.2) is 0 Å². The molecule has 0 radical (unpaired) electrons. The Labute approximate surface area is 129 Å². The molecule has 0 fully saturated rings. The van der Waals surface area contributed by atoms with Crippen molar-refractivity contribution in [3.05, 3.63) is 22.4 Å². The summed E-state index contributed by atoms with van der Waals surface area (Å²) in [7, 11) is 7.68. The molecule has 2 aromatic heterocycles. The van der Waals surface area contributed by atoms with E-state index >= 15 is 0 Å². The molecule has 114 valence electrons. The van der Waals surface area contributed by atoms with Crippen LogP contribution in [0.5, 0.6) is 0 Å². The molecule has 0 aliphatic heterocycles. The zero-order valence-electron chi connectivity index (χ0n) is 13.2. The summed E-state index contributed by atoms with van der Waals surface area (Å²) < 4.78 is 0. The summed E-state index contributed by atoms with van der Waals surface area (Å²) in [6, 6.07) is 4.55. The summed E-state index contributed by atoms with van der Waals surface area (Å²) in [5.74, 6) is 1.92. The second-order valence-electron chi connectivity index (χ2n) is 5.15. The summed E-state index contributed by atoms with van der Waals surface area (Å²) in [6.07, 6.45) is 0.978. The SMILES string of the molecule is CNc1nc(N(C)C)nc(N(C)C(C)Cc2cccs2)n1. The third-order valence-corrected chi connectivity index (χ3v) is 4.19. The lowest BCUT2D eigenvalue weighted by Gasteiger charge is -2.25. The molecule has 1 N–H and O–H groups in total. The van der Waals surface area contributed by atoms with Crippen LogP contribution in [0.15, 0.2) is 17.5 Å². The number of anilines is 3. The topological polar surface area (TPSA) is 57.2 Å². The lowest BCUT2D eigenvalue weighted by molar-refractivity contribution is 0.668. The highest BCUT2D eigenvalue weighted by atomic mass is 32.1. The molecular formula is C14H22N6S. The van der Waals surface area contributed by atoms with E-state index in [-0.39, 0.29) is 0 Å². The molecule has 21 heavy (non-hydrogen) atoms. The minimum absolute atomic E-state index is 0.311. The molecule has 2 heterocycles. The molecule has 2 rings (SSSR count). The van der Waals surface area contributed by atoms with Gasteiger partial charge in [0.15, 0.2) is 0 Å². The van der Waals surface area contributed by atoms with Crippen molar-refractivity contribution in [2.24, 2.45) is 0 Å². The van der Waals surface area contributed by atoms with Crippen LogP contribution in [0.25, 0.3) is 0 Å². The van der Waals surface area contributed by atoms with Crippen LogP contribution in [0.1, 0.15) is 11.8 Å². The summed E-state index contributed by atoms with van der Waals surface area (Å²) in [5.41, 5.74) is 0. The average molecular weight is 306 g/mol. The van der Waals surface area contributed by atoms with Crippen LogP contribution >= 0.6 is 11.3 Å². The minimum Gasteiger partial charge on any atom is -0.357 e. The Morgan fingerprint density at radius 1 is 1.19 bits per heavy atom. The van der Waals surface area contributed by atoms with Gasteiger partial charge in [0.2, 0.25) is 17.8 Å². The number of hydrogen-bond donors (Lipinski definition) is 1. The van der Waals surface area contributed by atoms with E-state index in [0.29, 0.717) is 23.9 Å². The molecule has 7 heteroatoms. The molecule has 0 aromatic carbocycles. The van der Waals surface area contributed by atoms with Crippen molar-refractivity contribution in [2.45, 2.75) is 19.4 Å². The number of hydrogen-bond acceptors (Lipinski definition) is 7. The van der Waals surface area contributed by atoms with E-state index in [1.165, 1.54) is 4.88 Å². The Morgan fingerprint density at radius 2 is 1.90 bits per heavy atom. The van der Waals surface area contributed by atoms with Crippen molar-refractivity contribution in [3.8, 4) is 0 Å². The normalized spacial score (nSPS) is 12.0. The third kappa shape index (κ3) is 3.81. The zero-order chi connectivity index (χ0) is 15.4. The van der Waals surface area contributed by atoms with E-state index in [4.69, 9.17) is 0 Å². The van der Waals surface area contributed by atoms with Gasteiger partial charge < -0.3 is 15.1 Å². The minimum atomic E-state index is 0.311. The monoisotopic (exact) mass is 306 g/mol. The maximum Gasteiger partial charge on any atom is 0.231 e. The molecule has 0 aliphatic carbocycles. The van der Waals surface area contributed by atoms with Gasteiger partial charge in [-0.05, 0) is 18.4 Å². The molecule has 1 unspecified atom stereocenters. The molecule has 0 saturated carbocycles. The van der Waals surface area contributed by atoms with Crippen LogP contribution in [-0.2, 0) is 6.42 Å². The lowest BCUT2D eigenvalue weighted by Crippen LogP contribution is -2.32. The molecule has 0 bridgehead atoms. The van der Waals surface area contributed by atoms with Crippen LogP contribution in [-0.4, -0.2) is 49.2 Å². The maximum atomic E-state index is 4.52. The van der Waals surface area contributed by atoms with Gasteiger partial charge in [0.25, 0.3) is 0 Å². The number of aromatic nitrogens is 3. The maximum absolute atomic E-state index is 4.52. The summed E-state index contributed by atoms with van der Waals surface area (Å²) in [4.78, 5) is 18.7. The highest BCUT2D eigenvalue weighted by Crippen LogP contribution is 2.19. The van der Waals surface area contributed by atoms with Crippen LogP contribution in [0.4, 0.5) is 17.8 Å². The van der Waals surface area contributed by atoms with Gasteiger partial charge in [-0.15, -0.1) is 11.3 Å². The van der Waals surface area contributed by atoms with E-state index in [1.807, 2.05) is 33.1 Å². The van der Waals surface area contributed by atoms with Crippen LogP contribution in [0.3, 0.4) is 0 Å². The van der Waals surface area contributed by atoms with Crippen molar-refractivity contribution in [1.29, 1.82) is 0 Å². The largest absolute Gasteiger partial charge is 0.357 e. The Bertz CT molecular complexity index is 569. The van der Waals surface area contributed by atoms with E-state index in [1.54, 1.807) is 11.3 Å². The Morgan fingerprint density at radius 3 is 2.48 bits per heavy atom. The first-order valence-electron chi connectivity index (χ1n) is 6.87. The highest BCUT2D eigenvalue weighted by molar-refractivity contribution is 7.09. The second-order valence-corrected chi connectivity index (χ2v) is 6.18. The molecule has 0 spiro atoms. The Kier molecular flexibility index (Phi) is 4.95. The van der Waals surface area contributed by atoms with E-state index in [2.05, 4.69) is 49.6 Å². The quantitative estimate of drug-likeness (QED) is 0.882.